The fourth-order valence-electron chi connectivity index (χ4n) is 5.78. The van der Waals surface area contributed by atoms with Gasteiger partial charge in [-0.1, -0.05) is 54.6 Å². The average molecular weight is 500 g/mol. The van der Waals surface area contributed by atoms with Gasteiger partial charge in [0, 0.05) is 38.3 Å². The molecular weight excluding hydrogens is 462 g/mol. The highest BCUT2D eigenvalue weighted by Crippen LogP contribution is 2.36. The van der Waals surface area contributed by atoms with Gasteiger partial charge in [-0.3, -0.25) is 4.90 Å². The molecular formula is C31H37N3O3. The van der Waals surface area contributed by atoms with Gasteiger partial charge < -0.3 is 19.7 Å². The topological polar surface area (TPSA) is 54.0 Å². The van der Waals surface area contributed by atoms with Gasteiger partial charge in [0.1, 0.15) is 11.5 Å². The number of ether oxygens (including phenoxy) is 2. The van der Waals surface area contributed by atoms with Gasteiger partial charge in [-0.05, 0) is 60.1 Å². The molecule has 6 heteroatoms. The van der Waals surface area contributed by atoms with Crippen LogP contribution in [0.3, 0.4) is 0 Å². The summed E-state index contributed by atoms with van der Waals surface area (Å²) in [6.07, 6.45) is 3.77. The van der Waals surface area contributed by atoms with E-state index in [0.29, 0.717) is 6.54 Å². The number of urea groups is 1. The van der Waals surface area contributed by atoms with E-state index in [1.807, 2.05) is 12.1 Å². The summed E-state index contributed by atoms with van der Waals surface area (Å²) in [5.41, 5.74) is 4.92. The van der Waals surface area contributed by atoms with Crippen molar-refractivity contribution in [1.29, 1.82) is 0 Å². The number of carbonyl (C=O) groups excluding carboxylic acids is 1. The zero-order chi connectivity index (χ0) is 25.6. The lowest BCUT2D eigenvalue weighted by molar-refractivity contribution is 0.101. The summed E-state index contributed by atoms with van der Waals surface area (Å²) in [5.74, 6) is 1.61. The molecule has 2 heterocycles. The number of nitrogens with one attached hydrogen (secondary N) is 1. The summed E-state index contributed by atoms with van der Waals surface area (Å²) < 4.78 is 10.9. The number of fused-ring (bicyclic) bond motifs is 1. The molecule has 37 heavy (non-hydrogen) atoms. The van der Waals surface area contributed by atoms with Crippen LogP contribution in [0.2, 0.25) is 0 Å². The van der Waals surface area contributed by atoms with Crippen molar-refractivity contribution in [3.8, 4) is 11.5 Å². The second kappa shape index (κ2) is 11.7. The van der Waals surface area contributed by atoms with Gasteiger partial charge in [0.25, 0.3) is 0 Å². The van der Waals surface area contributed by atoms with E-state index in [0.717, 1.165) is 62.4 Å². The molecule has 194 valence electrons. The minimum Gasteiger partial charge on any atom is -0.497 e. The smallest absolute Gasteiger partial charge is 0.318 e. The van der Waals surface area contributed by atoms with Crippen LogP contribution in [0, 0.1) is 0 Å². The van der Waals surface area contributed by atoms with Crippen LogP contribution >= 0.6 is 0 Å². The van der Waals surface area contributed by atoms with E-state index < -0.39 is 0 Å². The predicted octanol–water partition coefficient (Wildman–Crippen LogP) is 5.42. The molecule has 0 spiro atoms. The van der Waals surface area contributed by atoms with Crippen LogP contribution < -0.4 is 14.8 Å². The molecule has 0 aliphatic carbocycles. The molecule has 1 N–H and O–H groups in total. The Morgan fingerprint density at radius 1 is 0.892 bits per heavy atom. The number of methoxy groups -OCH3 is 2. The number of piperidine rings is 1. The second-order valence-electron chi connectivity index (χ2n) is 9.98. The van der Waals surface area contributed by atoms with E-state index in [9.17, 15) is 4.79 Å². The number of nitrogens with zero attached hydrogens (tertiary/aromatic N) is 2. The maximum atomic E-state index is 13.7. The fourth-order valence-corrected chi connectivity index (χ4v) is 5.78. The Balaban J connectivity index is 1.40. The zero-order valence-corrected chi connectivity index (χ0v) is 21.9. The third-order valence-electron chi connectivity index (χ3n) is 7.64. The number of hydrogen-bond donors (Lipinski definition) is 1. The summed E-state index contributed by atoms with van der Waals surface area (Å²) in [7, 11) is 3.37. The number of benzene rings is 3. The summed E-state index contributed by atoms with van der Waals surface area (Å²) in [6, 6.07) is 25.3. The van der Waals surface area contributed by atoms with Crippen molar-refractivity contribution in [3.63, 3.8) is 0 Å². The number of carbonyl (C=O) groups is 1. The van der Waals surface area contributed by atoms with Gasteiger partial charge in [0.2, 0.25) is 0 Å². The van der Waals surface area contributed by atoms with Crippen molar-refractivity contribution < 1.29 is 14.3 Å². The lowest BCUT2D eigenvalue weighted by Gasteiger charge is -2.43. The van der Waals surface area contributed by atoms with Gasteiger partial charge in [-0.25, -0.2) is 4.79 Å². The maximum absolute atomic E-state index is 13.7. The normalized spacial score (nSPS) is 19.2. The largest absolute Gasteiger partial charge is 0.497 e. The Bertz CT molecular complexity index is 1170. The van der Waals surface area contributed by atoms with Crippen LogP contribution in [0.15, 0.2) is 72.8 Å². The van der Waals surface area contributed by atoms with E-state index in [4.69, 9.17) is 9.47 Å². The van der Waals surface area contributed by atoms with E-state index in [-0.39, 0.29) is 18.1 Å². The summed E-state index contributed by atoms with van der Waals surface area (Å²) in [4.78, 5) is 18.3. The van der Waals surface area contributed by atoms with E-state index >= 15 is 0 Å². The van der Waals surface area contributed by atoms with Crippen LogP contribution in [0.4, 0.5) is 4.79 Å². The van der Waals surface area contributed by atoms with Crippen molar-refractivity contribution in [2.75, 3.05) is 33.9 Å². The lowest BCUT2D eigenvalue weighted by atomic mass is 9.89. The first kappa shape index (κ1) is 25.2. The highest BCUT2D eigenvalue weighted by Gasteiger charge is 2.36. The summed E-state index contributed by atoms with van der Waals surface area (Å²) in [5, 5.41) is 3.23. The first-order chi connectivity index (χ1) is 18.2. The van der Waals surface area contributed by atoms with Crippen molar-refractivity contribution in [3.05, 3.63) is 95.1 Å². The van der Waals surface area contributed by atoms with Crippen LogP contribution in [0.5, 0.6) is 11.5 Å². The van der Waals surface area contributed by atoms with Gasteiger partial charge in [0.15, 0.2) is 0 Å². The van der Waals surface area contributed by atoms with Gasteiger partial charge in [-0.15, -0.1) is 0 Å². The molecule has 3 aromatic carbocycles. The van der Waals surface area contributed by atoms with Crippen LogP contribution in [-0.4, -0.2) is 55.7 Å². The molecule has 0 bridgehead atoms. The van der Waals surface area contributed by atoms with Crippen molar-refractivity contribution >= 4 is 6.03 Å². The van der Waals surface area contributed by atoms with Crippen LogP contribution in [0.1, 0.15) is 47.6 Å². The number of rotatable bonds is 6. The summed E-state index contributed by atoms with van der Waals surface area (Å²) in [6.45, 7) is 3.38. The molecule has 1 saturated heterocycles. The number of aryl methyl sites for hydroxylation is 1. The molecule has 3 aromatic rings. The molecule has 6 nitrogen and oxygen atoms in total. The SMILES string of the molecule is COc1cc(CN2CCC(N3C(=O)NCCCc4ccccc4C3c3ccccc3)CC2)cc(OC)c1. The number of likely N-dealkylation sites (tertiary alicyclic amines) is 1. The zero-order valence-electron chi connectivity index (χ0n) is 21.9. The molecule has 2 amide bonds. The molecule has 5 rings (SSSR count). The quantitative estimate of drug-likeness (QED) is 0.492. The second-order valence-corrected chi connectivity index (χ2v) is 9.98. The molecule has 1 fully saturated rings. The summed E-state index contributed by atoms with van der Waals surface area (Å²) >= 11 is 0. The van der Waals surface area contributed by atoms with Crippen molar-refractivity contribution in [2.24, 2.45) is 0 Å². The maximum Gasteiger partial charge on any atom is 0.318 e. The third-order valence-corrected chi connectivity index (χ3v) is 7.64. The highest BCUT2D eigenvalue weighted by molar-refractivity contribution is 5.76. The van der Waals surface area contributed by atoms with Crippen LogP contribution in [0.25, 0.3) is 0 Å². The predicted molar refractivity (Wildman–Crippen MR) is 146 cm³/mol. The van der Waals surface area contributed by atoms with E-state index in [1.165, 1.54) is 16.7 Å². The Hall–Kier alpha value is -3.51. The molecule has 0 saturated carbocycles. The Morgan fingerprint density at radius 3 is 2.27 bits per heavy atom. The molecule has 0 radical (unpaired) electrons. The first-order valence-electron chi connectivity index (χ1n) is 13.3. The number of amides is 2. The van der Waals surface area contributed by atoms with Gasteiger partial charge in [-0.2, -0.15) is 0 Å². The molecule has 2 aliphatic rings. The van der Waals surface area contributed by atoms with Crippen molar-refractivity contribution in [2.45, 2.75) is 44.3 Å². The van der Waals surface area contributed by atoms with Crippen LogP contribution in [-0.2, 0) is 13.0 Å². The average Bonchev–Trinajstić information content (AvgIpc) is 3.01. The van der Waals surface area contributed by atoms with Gasteiger partial charge in [0.05, 0.1) is 20.3 Å². The first-order valence-corrected chi connectivity index (χ1v) is 13.3. The Labute approximate surface area is 220 Å². The van der Waals surface area contributed by atoms with Gasteiger partial charge >= 0.3 is 6.03 Å². The lowest BCUT2D eigenvalue weighted by Crippen LogP contribution is -2.52. The molecule has 1 atom stereocenters. The standard InChI is InChI=1S/C31H37N3O3/c1-36-27-19-23(20-28(21-27)37-2)22-33-17-14-26(15-18-33)34-30(25-10-4-3-5-11-25)29-13-7-6-9-24(29)12-8-16-32-31(34)35/h3-7,9-11,13,19-21,26,30H,8,12,14-18,22H2,1-2H3,(H,32,35). The van der Waals surface area contributed by atoms with E-state index in [2.05, 4.69) is 75.8 Å². The number of hydrogen-bond acceptors (Lipinski definition) is 4. The molecule has 0 aromatic heterocycles. The molecule has 2 aliphatic heterocycles. The Kier molecular flexibility index (Phi) is 7.95. The third kappa shape index (κ3) is 5.75. The fraction of sp³-hybridized carbons (Fsp3) is 0.387. The van der Waals surface area contributed by atoms with E-state index in [1.54, 1.807) is 14.2 Å². The monoisotopic (exact) mass is 499 g/mol. The minimum atomic E-state index is -0.102. The highest BCUT2D eigenvalue weighted by atomic mass is 16.5. The van der Waals surface area contributed by atoms with Crippen molar-refractivity contribution in [1.82, 2.24) is 15.1 Å². The Morgan fingerprint density at radius 2 is 1.57 bits per heavy atom. The molecule has 1 unspecified atom stereocenters. The minimum absolute atomic E-state index is 0.0431.